The fourth-order valence-electron chi connectivity index (χ4n) is 2.15. The summed E-state index contributed by atoms with van der Waals surface area (Å²) in [6.45, 7) is 4.71. The van der Waals surface area contributed by atoms with Crippen LogP contribution in [0.1, 0.15) is 26.7 Å². The molecule has 0 aromatic carbocycles. The zero-order chi connectivity index (χ0) is 10.8. The fraction of sp³-hybridized carbons (Fsp3) is 0.727. The Bertz CT molecular complexity index is 295. The van der Waals surface area contributed by atoms with Gasteiger partial charge in [0.2, 0.25) is 6.29 Å². The van der Waals surface area contributed by atoms with Crippen molar-refractivity contribution in [3.8, 4) is 0 Å². The lowest BCUT2D eigenvalue weighted by Gasteiger charge is -2.25. The summed E-state index contributed by atoms with van der Waals surface area (Å²) in [7, 11) is 0. The summed E-state index contributed by atoms with van der Waals surface area (Å²) >= 11 is 0. The Balaban J connectivity index is 2.14. The molecule has 0 amide bonds. The molecule has 2 aliphatic rings. The van der Waals surface area contributed by atoms with Crippen molar-refractivity contribution in [1.29, 1.82) is 0 Å². The molecule has 2 aliphatic heterocycles. The van der Waals surface area contributed by atoms with E-state index < -0.39 is 0 Å². The van der Waals surface area contributed by atoms with E-state index in [1.54, 1.807) is 13.8 Å². The van der Waals surface area contributed by atoms with E-state index in [0.29, 0.717) is 24.5 Å². The molecule has 0 radical (unpaired) electrons. The van der Waals surface area contributed by atoms with Gasteiger partial charge in [-0.25, -0.2) is 4.79 Å². The Morgan fingerprint density at radius 2 is 2.40 bits per heavy atom. The maximum Gasteiger partial charge on any atom is 0.337 e. The first-order valence-electron chi connectivity index (χ1n) is 5.40. The third-order valence-electron chi connectivity index (χ3n) is 2.81. The number of carbonyl (C=O) groups excluding carboxylic acids is 1. The minimum Gasteiger partial charge on any atom is -0.468 e. The summed E-state index contributed by atoms with van der Waals surface area (Å²) in [6, 6.07) is 0. The molecular weight excluding hydrogens is 196 g/mol. The minimum absolute atomic E-state index is 0.0674. The van der Waals surface area contributed by atoms with Gasteiger partial charge >= 0.3 is 5.97 Å². The zero-order valence-electron chi connectivity index (χ0n) is 9.12. The molecule has 0 aromatic rings. The third-order valence-corrected chi connectivity index (χ3v) is 2.81. The van der Waals surface area contributed by atoms with Crippen LogP contribution in [-0.4, -0.2) is 25.5 Å². The average molecular weight is 212 g/mol. The molecule has 0 saturated carbocycles. The highest BCUT2D eigenvalue weighted by atomic mass is 16.7. The second-order valence-corrected chi connectivity index (χ2v) is 3.80. The van der Waals surface area contributed by atoms with E-state index in [-0.39, 0.29) is 18.2 Å². The van der Waals surface area contributed by atoms with Crippen molar-refractivity contribution in [3.63, 3.8) is 0 Å². The van der Waals surface area contributed by atoms with Crippen LogP contribution in [0.3, 0.4) is 0 Å². The van der Waals surface area contributed by atoms with Gasteiger partial charge in [0.05, 0.1) is 24.7 Å². The number of hydrogen-bond acceptors (Lipinski definition) is 4. The van der Waals surface area contributed by atoms with Gasteiger partial charge < -0.3 is 14.2 Å². The second-order valence-electron chi connectivity index (χ2n) is 3.80. The van der Waals surface area contributed by atoms with Crippen LogP contribution in [0.4, 0.5) is 0 Å². The van der Waals surface area contributed by atoms with Crippen LogP contribution >= 0.6 is 0 Å². The smallest absolute Gasteiger partial charge is 0.337 e. The Kier molecular flexibility index (Phi) is 2.95. The topological polar surface area (TPSA) is 44.8 Å². The minimum atomic E-state index is -0.266. The fourth-order valence-corrected chi connectivity index (χ4v) is 2.15. The molecule has 0 aromatic heterocycles. The van der Waals surface area contributed by atoms with Crippen LogP contribution in [0.2, 0.25) is 0 Å². The van der Waals surface area contributed by atoms with Crippen molar-refractivity contribution in [3.05, 3.63) is 11.3 Å². The van der Waals surface area contributed by atoms with E-state index in [4.69, 9.17) is 14.2 Å². The molecule has 0 bridgehead atoms. The highest BCUT2D eigenvalue weighted by Crippen LogP contribution is 2.38. The summed E-state index contributed by atoms with van der Waals surface area (Å²) in [4.78, 5) is 11.7. The van der Waals surface area contributed by atoms with Gasteiger partial charge in [0.15, 0.2) is 0 Å². The number of allylic oxidation sites excluding steroid dienone is 1. The van der Waals surface area contributed by atoms with Crippen LogP contribution in [0, 0.1) is 5.92 Å². The number of ether oxygens (including phenoxy) is 3. The predicted octanol–water partition coefficient (Wildman–Crippen LogP) is 1.61. The quantitative estimate of drug-likeness (QED) is 0.652. The molecule has 0 N–H and O–H groups in total. The monoisotopic (exact) mass is 212 g/mol. The second kappa shape index (κ2) is 4.23. The number of rotatable bonds is 2. The highest BCUT2D eigenvalue weighted by Gasteiger charge is 2.41. The molecule has 4 heteroatoms. The lowest BCUT2D eigenvalue weighted by atomic mass is 9.93. The van der Waals surface area contributed by atoms with Crippen molar-refractivity contribution < 1.29 is 19.0 Å². The summed E-state index contributed by atoms with van der Waals surface area (Å²) in [5.74, 6) is 0.469. The first-order chi connectivity index (χ1) is 7.24. The Labute approximate surface area is 89.2 Å². The highest BCUT2D eigenvalue weighted by molar-refractivity contribution is 5.90. The van der Waals surface area contributed by atoms with Gasteiger partial charge in [-0.1, -0.05) is 0 Å². The molecule has 1 fully saturated rings. The predicted molar refractivity (Wildman–Crippen MR) is 52.9 cm³/mol. The number of carbonyl (C=O) groups is 1. The van der Waals surface area contributed by atoms with Crippen molar-refractivity contribution in [1.82, 2.24) is 0 Å². The molecule has 1 saturated heterocycles. The third kappa shape index (κ3) is 1.86. The normalized spacial score (nSPS) is 29.7. The summed E-state index contributed by atoms with van der Waals surface area (Å²) in [5.41, 5.74) is 0.668. The Morgan fingerprint density at radius 3 is 3.13 bits per heavy atom. The maximum absolute atomic E-state index is 11.7. The van der Waals surface area contributed by atoms with Gasteiger partial charge in [0.1, 0.15) is 5.76 Å². The van der Waals surface area contributed by atoms with Gasteiger partial charge in [0.25, 0.3) is 0 Å². The van der Waals surface area contributed by atoms with E-state index in [2.05, 4.69) is 0 Å². The summed E-state index contributed by atoms with van der Waals surface area (Å²) in [5, 5.41) is 0. The maximum atomic E-state index is 11.7. The average Bonchev–Trinajstić information content (AvgIpc) is 2.54. The van der Waals surface area contributed by atoms with Crippen LogP contribution < -0.4 is 0 Å². The van der Waals surface area contributed by atoms with Crippen LogP contribution in [-0.2, 0) is 19.0 Å². The first kappa shape index (κ1) is 10.5. The van der Waals surface area contributed by atoms with Gasteiger partial charge in [-0.2, -0.15) is 0 Å². The van der Waals surface area contributed by atoms with E-state index in [1.807, 2.05) is 0 Å². The van der Waals surface area contributed by atoms with Crippen LogP contribution in [0.25, 0.3) is 0 Å². The van der Waals surface area contributed by atoms with Crippen molar-refractivity contribution in [2.24, 2.45) is 5.92 Å². The van der Waals surface area contributed by atoms with E-state index in [0.717, 1.165) is 12.8 Å². The molecule has 0 aliphatic carbocycles. The zero-order valence-corrected chi connectivity index (χ0v) is 9.12. The van der Waals surface area contributed by atoms with Gasteiger partial charge in [0, 0.05) is 0 Å². The Hall–Kier alpha value is -1.03. The lowest BCUT2D eigenvalue weighted by Crippen LogP contribution is -2.30. The molecule has 4 nitrogen and oxygen atoms in total. The van der Waals surface area contributed by atoms with Gasteiger partial charge in [-0.15, -0.1) is 0 Å². The largest absolute Gasteiger partial charge is 0.468 e. The molecule has 2 atom stereocenters. The molecule has 84 valence electrons. The SMILES string of the molecule is CCOC(=O)C1=C(C)O[C@@H]2OCCC[C@H]12. The summed E-state index contributed by atoms with van der Waals surface area (Å²) in [6.07, 6.45) is 1.65. The van der Waals surface area contributed by atoms with Crippen LogP contribution in [0.5, 0.6) is 0 Å². The van der Waals surface area contributed by atoms with E-state index in [1.165, 1.54) is 0 Å². The van der Waals surface area contributed by atoms with Crippen molar-refractivity contribution in [2.75, 3.05) is 13.2 Å². The number of esters is 1. The van der Waals surface area contributed by atoms with Crippen LogP contribution in [0.15, 0.2) is 11.3 Å². The lowest BCUT2D eigenvalue weighted by molar-refractivity contribution is -0.150. The van der Waals surface area contributed by atoms with Crippen molar-refractivity contribution in [2.45, 2.75) is 33.0 Å². The standard InChI is InChI=1S/C11H16O4/c1-3-13-10(12)9-7(2)15-11-8(9)5-4-6-14-11/h8,11H,3-6H2,1-2H3/t8-,11+/m1/s1. The van der Waals surface area contributed by atoms with Gasteiger partial charge in [-0.3, -0.25) is 0 Å². The number of fused-ring (bicyclic) bond motifs is 1. The van der Waals surface area contributed by atoms with E-state index >= 15 is 0 Å². The molecule has 0 unspecified atom stereocenters. The number of hydrogen-bond donors (Lipinski definition) is 0. The molecule has 15 heavy (non-hydrogen) atoms. The van der Waals surface area contributed by atoms with Gasteiger partial charge in [-0.05, 0) is 26.7 Å². The molecule has 2 rings (SSSR count). The first-order valence-corrected chi connectivity index (χ1v) is 5.40. The molecule has 2 heterocycles. The van der Waals surface area contributed by atoms with E-state index in [9.17, 15) is 4.79 Å². The van der Waals surface area contributed by atoms with Crippen molar-refractivity contribution >= 4 is 5.97 Å². The molecular formula is C11H16O4. The Morgan fingerprint density at radius 1 is 1.60 bits per heavy atom. The summed E-state index contributed by atoms with van der Waals surface area (Å²) < 4.78 is 16.0. The molecule has 0 spiro atoms.